The first-order valence-electron chi connectivity index (χ1n) is 6.42. The fourth-order valence-corrected chi connectivity index (χ4v) is 2.42. The number of hydrogen-bond donors (Lipinski definition) is 2. The number of benzene rings is 1. The van der Waals surface area contributed by atoms with E-state index in [-0.39, 0.29) is 17.8 Å². The minimum atomic E-state index is -0.374. The molecule has 4 heteroatoms. The lowest BCUT2D eigenvalue weighted by Crippen LogP contribution is -2.41. The summed E-state index contributed by atoms with van der Waals surface area (Å²) in [7, 11) is 1.97. The van der Waals surface area contributed by atoms with E-state index < -0.39 is 0 Å². The lowest BCUT2D eigenvalue weighted by atomic mass is 9.91. The maximum absolute atomic E-state index is 13.0. The molecule has 1 aromatic carbocycles. The Morgan fingerprint density at radius 3 is 2.50 bits per heavy atom. The van der Waals surface area contributed by atoms with Crippen LogP contribution in [0.25, 0.3) is 0 Å². The molecule has 3 nitrogen and oxygen atoms in total. The van der Waals surface area contributed by atoms with Crippen LogP contribution in [0.4, 0.5) is 4.39 Å². The van der Waals surface area contributed by atoms with Gasteiger partial charge in [-0.1, -0.05) is 6.07 Å². The van der Waals surface area contributed by atoms with E-state index in [1.165, 1.54) is 12.1 Å². The van der Waals surface area contributed by atoms with Crippen molar-refractivity contribution in [2.75, 3.05) is 7.05 Å². The summed E-state index contributed by atoms with van der Waals surface area (Å²) in [4.78, 5) is 11.9. The van der Waals surface area contributed by atoms with Crippen LogP contribution in [0.3, 0.4) is 0 Å². The van der Waals surface area contributed by atoms with Gasteiger partial charge in [0.25, 0.3) is 5.91 Å². The van der Waals surface area contributed by atoms with Gasteiger partial charge < -0.3 is 10.6 Å². The van der Waals surface area contributed by atoms with Gasteiger partial charge in [-0.3, -0.25) is 4.79 Å². The van der Waals surface area contributed by atoms with Crippen molar-refractivity contribution in [1.82, 2.24) is 10.6 Å². The van der Waals surface area contributed by atoms with Gasteiger partial charge in [0.15, 0.2) is 0 Å². The summed E-state index contributed by atoms with van der Waals surface area (Å²) >= 11 is 0. The largest absolute Gasteiger partial charge is 0.349 e. The Morgan fingerprint density at radius 1 is 1.22 bits per heavy atom. The third kappa shape index (κ3) is 3.29. The van der Waals surface area contributed by atoms with Crippen molar-refractivity contribution in [1.29, 1.82) is 0 Å². The quantitative estimate of drug-likeness (QED) is 0.862. The minimum Gasteiger partial charge on any atom is -0.349 e. The van der Waals surface area contributed by atoms with Gasteiger partial charge in [0.05, 0.1) is 0 Å². The van der Waals surface area contributed by atoms with Crippen LogP contribution in [0.2, 0.25) is 0 Å². The average molecular weight is 250 g/mol. The summed E-state index contributed by atoms with van der Waals surface area (Å²) in [6.07, 6.45) is 4.11. The number of carbonyl (C=O) groups excluding carboxylic acids is 1. The van der Waals surface area contributed by atoms with Crippen molar-refractivity contribution < 1.29 is 9.18 Å². The molecule has 1 fully saturated rings. The lowest BCUT2D eigenvalue weighted by molar-refractivity contribution is 0.0924. The highest BCUT2D eigenvalue weighted by atomic mass is 19.1. The van der Waals surface area contributed by atoms with Crippen molar-refractivity contribution >= 4 is 5.91 Å². The second-order valence-corrected chi connectivity index (χ2v) is 4.82. The summed E-state index contributed by atoms with van der Waals surface area (Å²) < 4.78 is 13.0. The van der Waals surface area contributed by atoms with E-state index in [0.29, 0.717) is 11.6 Å². The lowest BCUT2D eigenvalue weighted by Gasteiger charge is -2.28. The van der Waals surface area contributed by atoms with Crippen molar-refractivity contribution in [2.24, 2.45) is 0 Å². The third-order valence-corrected chi connectivity index (χ3v) is 3.56. The van der Waals surface area contributed by atoms with E-state index >= 15 is 0 Å². The van der Waals surface area contributed by atoms with Crippen LogP contribution in [0.1, 0.15) is 36.0 Å². The van der Waals surface area contributed by atoms with Gasteiger partial charge in [-0.05, 0) is 50.9 Å². The highest BCUT2D eigenvalue weighted by molar-refractivity contribution is 5.94. The van der Waals surface area contributed by atoms with Crippen LogP contribution < -0.4 is 10.6 Å². The van der Waals surface area contributed by atoms with Crippen molar-refractivity contribution in [3.8, 4) is 0 Å². The first-order valence-corrected chi connectivity index (χ1v) is 6.42. The molecule has 0 unspecified atom stereocenters. The predicted molar refractivity (Wildman–Crippen MR) is 69.0 cm³/mol. The van der Waals surface area contributed by atoms with Gasteiger partial charge in [-0.2, -0.15) is 0 Å². The summed E-state index contributed by atoms with van der Waals surface area (Å²) in [6.45, 7) is 0. The molecule has 0 atom stereocenters. The molecular formula is C14H19FN2O. The van der Waals surface area contributed by atoms with E-state index in [4.69, 9.17) is 0 Å². The van der Waals surface area contributed by atoms with Crippen LogP contribution in [0.5, 0.6) is 0 Å². The molecule has 0 aliphatic heterocycles. The number of nitrogens with one attached hydrogen (secondary N) is 2. The number of hydrogen-bond acceptors (Lipinski definition) is 2. The first kappa shape index (κ1) is 13.0. The zero-order chi connectivity index (χ0) is 13.0. The smallest absolute Gasteiger partial charge is 0.251 e. The van der Waals surface area contributed by atoms with E-state index in [2.05, 4.69) is 10.6 Å². The molecule has 1 saturated carbocycles. The second-order valence-electron chi connectivity index (χ2n) is 4.82. The standard InChI is InChI=1S/C14H19FN2O/c1-16-12-5-7-13(8-6-12)17-14(18)10-3-2-4-11(15)9-10/h2-4,9,12-13,16H,5-8H2,1H3,(H,17,18). The number of rotatable bonds is 3. The second kappa shape index (κ2) is 5.96. The Kier molecular flexibility index (Phi) is 4.31. The molecule has 18 heavy (non-hydrogen) atoms. The molecule has 2 rings (SSSR count). The molecule has 1 aromatic rings. The van der Waals surface area contributed by atoms with Crippen LogP contribution in [0, 0.1) is 5.82 Å². The number of halogens is 1. The van der Waals surface area contributed by atoms with E-state index in [9.17, 15) is 9.18 Å². The zero-order valence-corrected chi connectivity index (χ0v) is 10.6. The van der Waals surface area contributed by atoms with Crippen LogP contribution in [-0.2, 0) is 0 Å². The molecule has 1 aliphatic rings. The molecule has 0 aromatic heterocycles. The maximum atomic E-state index is 13.0. The van der Waals surface area contributed by atoms with Crippen molar-refractivity contribution in [2.45, 2.75) is 37.8 Å². The highest BCUT2D eigenvalue weighted by Gasteiger charge is 2.21. The molecule has 0 heterocycles. The molecule has 0 saturated heterocycles. The normalized spacial score (nSPS) is 23.7. The summed E-state index contributed by atoms with van der Waals surface area (Å²) in [5.41, 5.74) is 0.394. The van der Waals surface area contributed by atoms with Gasteiger partial charge in [0.1, 0.15) is 5.82 Å². The molecule has 98 valence electrons. The van der Waals surface area contributed by atoms with Gasteiger partial charge >= 0.3 is 0 Å². The maximum Gasteiger partial charge on any atom is 0.251 e. The van der Waals surface area contributed by atoms with Crippen LogP contribution in [-0.4, -0.2) is 25.0 Å². The topological polar surface area (TPSA) is 41.1 Å². The molecule has 0 spiro atoms. The molecule has 1 aliphatic carbocycles. The first-order chi connectivity index (χ1) is 8.69. The van der Waals surface area contributed by atoms with E-state index in [1.54, 1.807) is 12.1 Å². The summed E-state index contributed by atoms with van der Waals surface area (Å²) in [5.74, 6) is -0.552. The van der Waals surface area contributed by atoms with Gasteiger partial charge in [0, 0.05) is 17.6 Å². The molecule has 0 bridgehead atoms. The Hall–Kier alpha value is -1.42. The summed E-state index contributed by atoms with van der Waals surface area (Å²) in [6, 6.07) is 6.58. The fraction of sp³-hybridized carbons (Fsp3) is 0.500. The Labute approximate surface area is 107 Å². The Morgan fingerprint density at radius 2 is 1.89 bits per heavy atom. The zero-order valence-electron chi connectivity index (χ0n) is 10.6. The van der Waals surface area contributed by atoms with E-state index in [1.807, 2.05) is 7.05 Å². The van der Waals surface area contributed by atoms with Crippen LogP contribution in [0.15, 0.2) is 24.3 Å². The van der Waals surface area contributed by atoms with Gasteiger partial charge in [-0.15, -0.1) is 0 Å². The highest BCUT2D eigenvalue weighted by Crippen LogP contribution is 2.18. The number of amides is 1. The molecule has 1 amide bonds. The molecular weight excluding hydrogens is 231 g/mol. The molecule has 2 N–H and O–H groups in total. The SMILES string of the molecule is CNC1CCC(NC(=O)c2cccc(F)c2)CC1. The molecule has 0 radical (unpaired) electrons. The number of carbonyl (C=O) groups is 1. The van der Waals surface area contributed by atoms with Gasteiger partial charge in [-0.25, -0.2) is 4.39 Å². The van der Waals surface area contributed by atoms with Crippen molar-refractivity contribution in [3.63, 3.8) is 0 Å². The van der Waals surface area contributed by atoms with Crippen molar-refractivity contribution in [3.05, 3.63) is 35.6 Å². The predicted octanol–water partition coefficient (Wildman–Crippen LogP) is 2.09. The third-order valence-electron chi connectivity index (χ3n) is 3.56. The Bertz CT molecular complexity index is 414. The van der Waals surface area contributed by atoms with E-state index in [0.717, 1.165) is 25.7 Å². The van der Waals surface area contributed by atoms with Crippen LogP contribution >= 0.6 is 0 Å². The Balaban J connectivity index is 1.89. The monoisotopic (exact) mass is 250 g/mol. The average Bonchev–Trinajstić information content (AvgIpc) is 2.39. The summed E-state index contributed by atoms with van der Waals surface area (Å²) in [5, 5.41) is 6.23. The van der Waals surface area contributed by atoms with Gasteiger partial charge in [0.2, 0.25) is 0 Å². The fourth-order valence-electron chi connectivity index (χ4n) is 2.42. The minimum absolute atomic E-state index is 0.178.